The molecule has 8 nitrogen and oxygen atoms in total. The Labute approximate surface area is 230 Å². The van der Waals surface area contributed by atoms with Gasteiger partial charge in [0.15, 0.2) is 0 Å². The summed E-state index contributed by atoms with van der Waals surface area (Å²) < 4.78 is 8.37. The summed E-state index contributed by atoms with van der Waals surface area (Å²) in [5.41, 5.74) is 9.32. The van der Waals surface area contributed by atoms with Gasteiger partial charge in [0.2, 0.25) is 11.8 Å². The fourth-order valence-corrected chi connectivity index (χ4v) is 6.32. The Morgan fingerprint density at radius 2 is 2.11 bits per heavy atom. The number of primary amides is 1. The molecule has 10 heteroatoms. The Bertz CT molecular complexity index is 1480. The standard InChI is InChI=1S/C28H30ClN5O3S/c1-17(21-5-3-4-6-22(21)29)37-24-11-25(38-26(24)12-27(30)36)23-13-31-28-8-7-19(15-34(23)28)14-33-10-9-20(16-33)32-18(2)35/h3-8,11,13,15,17,20H,9-10,12,14,16H2,1-2H3,(H2,30,36)(H,32,35)/t17-,20-/m1/s1. The van der Waals surface area contributed by atoms with Gasteiger partial charge in [-0.1, -0.05) is 35.9 Å². The summed E-state index contributed by atoms with van der Waals surface area (Å²) in [6, 6.07) is 13.8. The molecular formula is C28H30ClN5O3S. The summed E-state index contributed by atoms with van der Waals surface area (Å²) in [6.07, 6.45) is 4.66. The molecule has 3 N–H and O–H groups in total. The average Bonchev–Trinajstić information content (AvgIpc) is 3.57. The maximum atomic E-state index is 11.8. The third kappa shape index (κ3) is 5.85. The van der Waals surface area contributed by atoms with Gasteiger partial charge < -0.3 is 15.8 Å². The fraction of sp³-hybridized carbons (Fsp3) is 0.321. The second kappa shape index (κ2) is 11.1. The minimum atomic E-state index is -0.419. The number of amides is 2. The lowest BCUT2D eigenvalue weighted by atomic mass is 10.1. The normalized spacial score (nSPS) is 16.6. The number of fused-ring (bicyclic) bond motifs is 1. The first kappa shape index (κ1) is 26.2. The van der Waals surface area contributed by atoms with Gasteiger partial charge in [-0.05, 0) is 31.0 Å². The second-order valence-electron chi connectivity index (χ2n) is 9.65. The quantitative estimate of drug-likeness (QED) is 0.317. The highest BCUT2D eigenvalue weighted by Crippen LogP contribution is 2.39. The van der Waals surface area contributed by atoms with Crippen molar-refractivity contribution in [3.63, 3.8) is 0 Å². The zero-order chi connectivity index (χ0) is 26.8. The number of hydrogen-bond acceptors (Lipinski definition) is 6. The molecular weight excluding hydrogens is 522 g/mol. The first-order valence-electron chi connectivity index (χ1n) is 12.5. The molecule has 0 saturated carbocycles. The summed E-state index contributed by atoms with van der Waals surface area (Å²) in [4.78, 5) is 31.9. The number of pyridine rings is 1. The van der Waals surface area contributed by atoms with Crippen LogP contribution in [0.3, 0.4) is 0 Å². The Morgan fingerprint density at radius 3 is 2.87 bits per heavy atom. The number of likely N-dealkylation sites (tertiary alicyclic amines) is 1. The minimum absolute atomic E-state index is 0.0117. The monoisotopic (exact) mass is 551 g/mol. The number of imidazole rings is 1. The smallest absolute Gasteiger partial charge is 0.222 e. The fourth-order valence-electron chi connectivity index (χ4n) is 4.92. The highest BCUT2D eigenvalue weighted by Gasteiger charge is 2.24. The number of nitrogens with two attached hydrogens (primary N) is 1. The van der Waals surface area contributed by atoms with Crippen molar-refractivity contribution in [1.82, 2.24) is 19.6 Å². The molecule has 0 unspecified atom stereocenters. The van der Waals surface area contributed by atoms with Crippen molar-refractivity contribution >= 4 is 40.4 Å². The summed E-state index contributed by atoms with van der Waals surface area (Å²) in [6.45, 7) is 6.04. The average molecular weight is 552 g/mol. The van der Waals surface area contributed by atoms with E-state index in [-0.39, 0.29) is 24.5 Å². The van der Waals surface area contributed by atoms with Crippen molar-refractivity contribution in [3.05, 3.63) is 75.9 Å². The molecule has 1 aliphatic rings. The molecule has 2 amide bonds. The molecule has 0 radical (unpaired) electrons. The molecule has 0 spiro atoms. The molecule has 0 aliphatic carbocycles. The third-order valence-electron chi connectivity index (χ3n) is 6.66. The van der Waals surface area contributed by atoms with Gasteiger partial charge in [-0.15, -0.1) is 11.3 Å². The Balaban J connectivity index is 1.41. The number of carbonyl (C=O) groups is 2. The molecule has 198 valence electrons. The maximum absolute atomic E-state index is 11.8. The van der Waals surface area contributed by atoms with Crippen LogP contribution in [0.5, 0.6) is 5.75 Å². The predicted octanol–water partition coefficient (Wildman–Crippen LogP) is 4.59. The molecule has 1 fully saturated rings. The van der Waals surface area contributed by atoms with E-state index in [0.29, 0.717) is 10.8 Å². The third-order valence-corrected chi connectivity index (χ3v) is 8.14. The van der Waals surface area contributed by atoms with Crippen molar-refractivity contribution < 1.29 is 14.3 Å². The lowest BCUT2D eigenvalue weighted by molar-refractivity contribution is -0.119. The van der Waals surface area contributed by atoms with E-state index in [1.807, 2.05) is 49.5 Å². The largest absolute Gasteiger partial charge is 0.485 e. The summed E-state index contributed by atoms with van der Waals surface area (Å²) in [5.74, 6) is 0.207. The number of aromatic nitrogens is 2. The number of ether oxygens (including phenoxy) is 1. The van der Waals surface area contributed by atoms with E-state index in [1.165, 1.54) is 11.3 Å². The number of nitrogens with one attached hydrogen (secondary N) is 1. The minimum Gasteiger partial charge on any atom is -0.485 e. The van der Waals surface area contributed by atoms with Gasteiger partial charge in [-0.3, -0.25) is 18.9 Å². The van der Waals surface area contributed by atoms with Crippen molar-refractivity contribution in [2.24, 2.45) is 5.73 Å². The number of hydrogen-bond donors (Lipinski definition) is 2. The van der Waals surface area contributed by atoms with Gasteiger partial charge in [0.05, 0.1) is 28.1 Å². The maximum Gasteiger partial charge on any atom is 0.222 e. The van der Waals surface area contributed by atoms with Gasteiger partial charge in [-0.2, -0.15) is 0 Å². The van der Waals surface area contributed by atoms with Gasteiger partial charge in [0.1, 0.15) is 17.5 Å². The number of nitrogens with zero attached hydrogens (tertiary/aromatic N) is 3. The molecule has 1 aliphatic heterocycles. The van der Waals surface area contributed by atoms with E-state index >= 15 is 0 Å². The van der Waals surface area contributed by atoms with E-state index in [2.05, 4.69) is 31.9 Å². The lowest BCUT2D eigenvalue weighted by Crippen LogP contribution is -2.35. The van der Waals surface area contributed by atoms with Crippen molar-refractivity contribution in [3.8, 4) is 16.3 Å². The SMILES string of the molecule is CC(=O)N[C@@H]1CCN(Cc2ccc3ncc(-c4cc(O[C@H](C)c5ccccc5Cl)c(CC(N)=O)s4)n3c2)C1. The summed E-state index contributed by atoms with van der Waals surface area (Å²) in [7, 11) is 0. The number of rotatable bonds is 9. The summed E-state index contributed by atoms with van der Waals surface area (Å²) in [5, 5.41) is 3.64. The van der Waals surface area contributed by atoms with E-state index in [0.717, 1.165) is 58.3 Å². The van der Waals surface area contributed by atoms with Crippen LogP contribution in [0.1, 0.15) is 42.4 Å². The Kier molecular flexibility index (Phi) is 7.69. The molecule has 4 aromatic rings. The highest BCUT2D eigenvalue weighted by molar-refractivity contribution is 7.15. The van der Waals surface area contributed by atoms with Crippen LogP contribution >= 0.6 is 22.9 Å². The number of thiophene rings is 1. The van der Waals surface area contributed by atoms with Gasteiger partial charge >= 0.3 is 0 Å². The summed E-state index contributed by atoms with van der Waals surface area (Å²) >= 11 is 7.86. The molecule has 1 saturated heterocycles. The van der Waals surface area contributed by atoms with Crippen molar-refractivity contribution in [2.75, 3.05) is 13.1 Å². The predicted molar refractivity (Wildman–Crippen MR) is 149 cm³/mol. The zero-order valence-corrected chi connectivity index (χ0v) is 22.9. The topological polar surface area (TPSA) is 102 Å². The number of halogens is 1. The van der Waals surface area contributed by atoms with Crippen LogP contribution in [0.15, 0.2) is 54.9 Å². The lowest BCUT2D eigenvalue weighted by Gasteiger charge is -2.16. The van der Waals surface area contributed by atoms with Crippen LogP contribution in [-0.2, 0) is 22.6 Å². The molecule has 1 aromatic carbocycles. The van der Waals surface area contributed by atoms with E-state index in [4.69, 9.17) is 22.1 Å². The van der Waals surface area contributed by atoms with Crippen LogP contribution in [0.25, 0.3) is 16.2 Å². The van der Waals surface area contributed by atoms with Crippen LogP contribution < -0.4 is 15.8 Å². The van der Waals surface area contributed by atoms with Gasteiger partial charge in [0.25, 0.3) is 0 Å². The number of carbonyl (C=O) groups excluding carboxylic acids is 2. The van der Waals surface area contributed by atoms with E-state index < -0.39 is 5.91 Å². The van der Waals surface area contributed by atoms with Crippen LogP contribution in [0, 0.1) is 0 Å². The molecule has 0 bridgehead atoms. The number of benzene rings is 1. The zero-order valence-electron chi connectivity index (χ0n) is 21.3. The van der Waals surface area contributed by atoms with Crippen LogP contribution in [0.2, 0.25) is 5.02 Å². The van der Waals surface area contributed by atoms with Crippen molar-refractivity contribution in [1.29, 1.82) is 0 Å². The van der Waals surface area contributed by atoms with Crippen LogP contribution in [-0.4, -0.2) is 45.2 Å². The second-order valence-corrected chi connectivity index (χ2v) is 11.2. The first-order chi connectivity index (χ1) is 18.3. The van der Waals surface area contributed by atoms with Crippen molar-refractivity contribution in [2.45, 2.75) is 45.4 Å². The van der Waals surface area contributed by atoms with E-state index in [9.17, 15) is 9.59 Å². The first-order valence-corrected chi connectivity index (χ1v) is 13.7. The van der Waals surface area contributed by atoms with E-state index in [1.54, 1.807) is 6.92 Å². The molecule has 3 aromatic heterocycles. The van der Waals surface area contributed by atoms with Gasteiger partial charge in [-0.25, -0.2) is 4.98 Å². The molecule has 38 heavy (non-hydrogen) atoms. The Morgan fingerprint density at radius 1 is 1.29 bits per heavy atom. The Hall–Kier alpha value is -3.40. The molecule has 2 atom stereocenters. The van der Waals surface area contributed by atoms with Gasteiger partial charge in [0, 0.05) is 55.4 Å². The van der Waals surface area contributed by atoms with Crippen LogP contribution in [0.4, 0.5) is 0 Å². The molecule has 5 rings (SSSR count). The highest BCUT2D eigenvalue weighted by atomic mass is 35.5. The molecule has 4 heterocycles.